The highest BCUT2D eigenvalue weighted by molar-refractivity contribution is 7.90. The maximum absolute atomic E-state index is 14.6. The van der Waals surface area contributed by atoms with E-state index in [-0.39, 0.29) is 35.9 Å². The third-order valence-electron chi connectivity index (χ3n) is 7.08. The first-order chi connectivity index (χ1) is 19.2. The molecule has 4 aromatic rings. The number of fused-ring (bicyclic) bond motifs is 1. The highest BCUT2D eigenvalue weighted by Gasteiger charge is 2.28. The quantitative estimate of drug-likeness (QED) is 0.261. The lowest BCUT2D eigenvalue weighted by Gasteiger charge is -2.29. The molecule has 13 heteroatoms. The average molecular weight is 573 g/mol. The number of hydrogen-bond acceptors (Lipinski definition) is 9. The first-order valence-electron chi connectivity index (χ1n) is 13.3. The number of sulfone groups is 1. The van der Waals surface area contributed by atoms with Crippen molar-refractivity contribution in [2.24, 2.45) is 0 Å². The molecule has 3 aromatic heterocycles. The van der Waals surface area contributed by atoms with Crippen molar-refractivity contribution < 1.29 is 27.8 Å². The second-order valence-electron chi connectivity index (χ2n) is 10.1. The van der Waals surface area contributed by atoms with Crippen LogP contribution >= 0.6 is 0 Å². The number of halogens is 1. The number of aliphatic hydroxyl groups is 2. The number of rotatable bonds is 10. The molecule has 11 nitrogen and oxygen atoms in total. The largest absolute Gasteiger partial charge is 0.487 e. The van der Waals surface area contributed by atoms with Crippen LogP contribution in [0.25, 0.3) is 22.2 Å². The van der Waals surface area contributed by atoms with Gasteiger partial charge >= 0.3 is 0 Å². The molecular formula is C27H33FN6O5S. The molecule has 1 fully saturated rings. The van der Waals surface area contributed by atoms with Crippen molar-refractivity contribution >= 4 is 26.6 Å². The Morgan fingerprint density at radius 2 is 1.98 bits per heavy atom. The fourth-order valence-electron chi connectivity index (χ4n) is 5.06. The molecule has 1 atom stereocenters. The van der Waals surface area contributed by atoms with Crippen LogP contribution in [-0.2, 0) is 16.4 Å². The molecule has 0 saturated heterocycles. The van der Waals surface area contributed by atoms with Crippen LogP contribution in [0.5, 0.6) is 5.75 Å². The van der Waals surface area contributed by atoms with Gasteiger partial charge in [-0.05, 0) is 50.8 Å². The number of hydrogen-bond donors (Lipinski definition) is 3. The van der Waals surface area contributed by atoms with E-state index in [2.05, 4.69) is 15.4 Å². The third-order valence-corrected chi connectivity index (χ3v) is 8.19. The number of pyridine rings is 1. The Bertz CT molecular complexity index is 1600. The molecule has 214 valence electrons. The molecule has 1 aliphatic carbocycles. The van der Waals surface area contributed by atoms with Gasteiger partial charge in [0.15, 0.2) is 21.4 Å². The van der Waals surface area contributed by atoms with Crippen LogP contribution in [-0.4, -0.2) is 74.8 Å². The topological polar surface area (TPSA) is 144 Å². The first kappa shape index (κ1) is 28.0. The minimum absolute atomic E-state index is 0.0485. The van der Waals surface area contributed by atoms with Gasteiger partial charge in [0.25, 0.3) is 0 Å². The zero-order chi connectivity index (χ0) is 28.4. The number of benzene rings is 1. The van der Waals surface area contributed by atoms with Gasteiger partial charge in [0.05, 0.1) is 48.0 Å². The van der Waals surface area contributed by atoms with Crippen LogP contribution in [0, 0.1) is 5.82 Å². The second-order valence-corrected chi connectivity index (χ2v) is 12.1. The summed E-state index contributed by atoms with van der Waals surface area (Å²) < 4.78 is 47.5. The Morgan fingerprint density at radius 1 is 1.20 bits per heavy atom. The summed E-state index contributed by atoms with van der Waals surface area (Å²) >= 11 is 0. The monoisotopic (exact) mass is 572 g/mol. The molecule has 0 amide bonds. The van der Waals surface area contributed by atoms with Gasteiger partial charge in [0.1, 0.15) is 11.5 Å². The Kier molecular flexibility index (Phi) is 8.06. The van der Waals surface area contributed by atoms with Crippen LogP contribution in [0.3, 0.4) is 0 Å². The molecule has 1 aliphatic rings. The van der Waals surface area contributed by atoms with Crippen molar-refractivity contribution in [3.63, 3.8) is 0 Å². The average Bonchev–Trinajstić information content (AvgIpc) is 3.54. The molecule has 40 heavy (non-hydrogen) atoms. The number of aliphatic hydroxyl groups excluding tert-OH is 2. The molecular weight excluding hydrogens is 539 g/mol. The summed E-state index contributed by atoms with van der Waals surface area (Å²) in [4.78, 5) is 4.46. The van der Waals surface area contributed by atoms with Gasteiger partial charge in [0.2, 0.25) is 0 Å². The second kappa shape index (κ2) is 11.5. The number of anilines is 1. The maximum Gasteiger partial charge on any atom is 0.175 e. The van der Waals surface area contributed by atoms with Crippen LogP contribution in [0.4, 0.5) is 10.2 Å². The number of nitrogens with one attached hydrogen (secondary N) is 1. The lowest BCUT2D eigenvalue weighted by atomic mass is 9.93. The molecule has 5 rings (SSSR count). The Morgan fingerprint density at radius 3 is 2.65 bits per heavy atom. The van der Waals surface area contributed by atoms with Gasteiger partial charge < -0.3 is 20.3 Å². The highest BCUT2D eigenvalue weighted by Crippen LogP contribution is 2.37. The molecule has 0 spiro atoms. The molecule has 0 unspecified atom stereocenters. The summed E-state index contributed by atoms with van der Waals surface area (Å²) in [5.41, 5.74) is 2.43. The standard InChI is InChI=1S/C27H33FN6O5S/c1-3-29-26-11-24-22(13-30-26)27(17-12-31-33(14-17)15-19(36)16-35)32-34(24)18-4-6-20(7-5-18)39-25-9-8-21(10-23(25)28)40(2,37)38/h8-14,18-20,35-36H,3-7,15-16H2,1-2H3,(H,29,30)/t18-,19-,20+/m1/s1. The first-order valence-corrected chi connectivity index (χ1v) is 15.2. The highest BCUT2D eigenvalue weighted by atomic mass is 32.2. The van der Waals surface area contributed by atoms with Crippen LogP contribution in [0.15, 0.2) is 47.8 Å². The van der Waals surface area contributed by atoms with E-state index in [0.717, 1.165) is 59.7 Å². The van der Waals surface area contributed by atoms with Crippen molar-refractivity contribution in [1.29, 1.82) is 0 Å². The molecule has 0 radical (unpaired) electrons. The summed E-state index contributed by atoms with van der Waals surface area (Å²) in [5.74, 6) is 0.102. The number of ether oxygens (including phenoxy) is 1. The van der Waals surface area contributed by atoms with Gasteiger partial charge in [-0.25, -0.2) is 17.8 Å². The molecule has 3 heterocycles. The van der Waals surface area contributed by atoms with E-state index in [4.69, 9.17) is 14.9 Å². The van der Waals surface area contributed by atoms with E-state index in [1.165, 1.54) is 12.1 Å². The van der Waals surface area contributed by atoms with E-state index in [9.17, 15) is 17.9 Å². The summed E-state index contributed by atoms with van der Waals surface area (Å²) in [6, 6.07) is 5.79. The number of nitrogens with zero attached hydrogens (tertiary/aromatic N) is 5. The predicted octanol–water partition coefficient (Wildman–Crippen LogP) is 3.19. The maximum atomic E-state index is 14.6. The van der Waals surface area contributed by atoms with Gasteiger partial charge in [0, 0.05) is 42.2 Å². The van der Waals surface area contributed by atoms with Crippen LogP contribution < -0.4 is 10.1 Å². The van der Waals surface area contributed by atoms with Gasteiger partial charge in [-0.1, -0.05) is 0 Å². The Balaban J connectivity index is 1.37. The minimum Gasteiger partial charge on any atom is -0.487 e. The third kappa shape index (κ3) is 5.96. The summed E-state index contributed by atoms with van der Waals surface area (Å²) in [5, 5.41) is 32.4. The van der Waals surface area contributed by atoms with E-state index in [1.807, 2.05) is 17.7 Å². The Labute approximate surface area is 231 Å². The van der Waals surface area contributed by atoms with Crippen molar-refractivity contribution in [3.05, 3.63) is 48.7 Å². The van der Waals surface area contributed by atoms with Crippen molar-refractivity contribution in [2.75, 3.05) is 24.7 Å². The summed E-state index contributed by atoms with van der Waals surface area (Å²) in [6.07, 6.45) is 8.06. The van der Waals surface area contributed by atoms with Crippen molar-refractivity contribution in [3.8, 4) is 17.0 Å². The number of aromatic nitrogens is 5. The van der Waals surface area contributed by atoms with Crippen LogP contribution in [0.2, 0.25) is 0 Å². The van der Waals surface area contributed by atoms with E-state index >= 15 is 0 Å². The van der Waals surface area contributed by atoms with E-state index < -0.39 is 21.8 Å². The lowest BCUT2D eigenvalue weighted by Crippen LogP contribution is -2.26. The van der Waals surface area contributed by atoms with Crippen molar-refractivity contribution in [2.45, 2.75) is 62.3 Å². The van der Waals surface area contributed by atoms with E-state index in [1.54, 1.807) is 23.3 Å². The molecule has 3 N–H and O–H groups in total. The smallest absolute Gasteiger partial charge is 0.175 e. The zero-order valence-electron chi connectivity index (χ0n) is 22.4. The van der Waals surface area contributed by atoms with Gasteiger partial charge in [-0.3, -0.25) is 9.36 Å². The normalized spacial score (nSPS) is 18.6. The minimum atomic E-state index is -3.50. The van der Waals surface area contributed by atoms with Gasteiger partial charge in [-0.2, -0.15) is 10.2 Å². The van der Waals surface area contributed by atoms with Gasteiger partial charge in [-0.15, -0.1) is 0 Å². The van der Waals surface area contributed by atoms with Crippen molar-refractivity contribution in [1.82, 2.24) is 24.5 Å². The van der Waals surface area contributed by atoms with Crippen LogP contribution in [0.1, 0.15) is 38.6 Å². The zero-order valence-corrected chi connectivity index (χ0v) is 23.2. The fourth-order valence-corrected chi connectivity index (χ4v) is 5.69. The summed E-state index contributed by atoms with van der Waals surface area (Å²) in [7, 11) is -3.50. The molecule has 0 aliphatic heterocycles. The molecule has 1 saturated carbocycles. The Hall–Kier alpha value is -3.55. The predicted molar refractivity (Wildman–Crippen MR) is 147 cm³/mol. The molecule has 1 aromatic carbocycles. The SMILES string of the molecule is CCNc1cc2c(cn1)c(-c1cnn(C[C@@H](O)CO)c1)nn2[C@H]1CC[C@@H](Oc2ccc(S(C)(=O)=O)cc2F)CC1. The summed E-state index contributed by atoms with van der Waals surface area (Å²) in [6.45, 7) is 2.54. The fraction of sp³-hybridized carbons (Fsp3) is 0.444. The van der Waals surface area contributed by atoms with E-state index in [0.29, 0.717) is 12.8 Å². The molecule has 0 bridgehead atoms. The lowest BCUT2D eigenvalue weighted by molar-refractivity contribution is 0.0783.